The lowest BCUT2D eigenvalue weighted by Crippen LogP contribution is -1.94. The summed E-state index contributed by atoms with van der Waals surface area (Å²) in [5, 5.41) is 37.0. The molecule has 0 heterocycles. The Kier molecular flexibility index (Phi) is 2.64. The first-order chi connectivity index (χ1) is 8.76. The van der Waals surface area contributed by atoms with Crippen LogP contribution in [0.3, 0.4) is 0 Å². The first kappa shape index (κ1) is 11.2. The lowest BCUT2D eigenvalue weighted by atomic mass is 9.93. The molecule has 0 saturated heterocycles. The van der Waals surface area contributed by atoms with Crippen molar-refractivity contribution in [2.45, 2.75) is 0 Å². The molecule has 18 heavy (non-hydrogen) atoms. The third-order valence-corrected chi connectivity index (χ3v) is 2.53. The minimum Gasteiger partial charge on any atom is -0.192 e. The maximum atomic E-state index is 9.15. The molecule has 0 aromatic heterocycles. The summed E-state index contributed by atoms with van der Waals surface area (Å²) >= 11 is 0. The van der Waals surface area contributed by atoms with Crippen molar-refractivity contribution in [3.05, 3.63) is 46.5 Å². The van der Waals surface area contributed by atoms with Gasteiger partial charge in [-0.1, -0.05) is 12.1 Å². The topological polar surface area (TPSA) is 95.2 Å². The molecule has 0 aliphatic carbocycles. The summed E-state index contributed by atoms with van der Waals surface area (Å²) in [7, 11) is 0. The zero-order valence-electron chi connectivity index (χ0n) is 9.02. The van der Waals surface area contributed by atoms with Crippen LogP contribution < -0.4 is 0 Å². The molecule has 0 N–H and O–H groups in total. The molecular weight excluding hydrogens is 224 g/mol. The molecule has 2 aromatic carbocycles. The molecule has 4 heteroatoms. The minimum absolute atomic E-state index is 0.0247. The summed E-state index contributed by atoms with van der Waals surface area (Å²) in [6.07, 6.45) is 0. The number of nitrogens with zero attached hydrogens (tertiary/aromatic N) is 4. The number of fused-ring (bicyclic) bond motifs is 1. The van der Waals surface area contributed by atoms with Crippen LogP contribution in [0, 0.1) is 51.4 Å². The van der Waals surface area contributed by atoms with Crippen molar-refractivity contribution in [1.82, 2.24) is 0 Å². The van der Waals surface area contributed by atoms with Crippen molar-refractivity contribution < 1.29 is 0 Å². The molecule has 1 radical (unpaired) electrons. The van der Waals surface area contributed by atoms with Gasteiger partial charge in [-0.2, -0.15) is 21.0 Å². The van der Waals surface area contributed by atoms with Crippen LogP contribution in [0.4, 0.5) is 0 Å². The van der Waals surface area contributed by atoms with Gasteiger partial charge in [0.05, 0.1) is 28.3 Å². The standard InChI is InChI=1S/C14H3N4/c15-5-10-3-1-2-9-4-11(6-16)12(7-17)13(8-18)14(9)10/h1-3H. The highest BCUT2D eigenvalue weighted by Crippen LogP contribution is 2.27. The van der Waals surface area contributed by atoms with E-state index in [1.807, 2.05) is 24.3 Å². The molecule has 0 atom stereocenters. The number of rotatable bonds is 0. The van der Waals surface area contributed by atoms with Crippen molar-refractivity contribution in [3.8, 4) is 24.3 Å². The van der Waals surface area contributed by atoms with E-state index < -0.39 is 0 Å². The number of nitriles is 4. The molecule has 79 valence electrons. The van der Waals surface area contributed by atoms with E-state index in [1.54, 1.807) is 18.2 Å². The third-order valence-electron chi connectivity index (χ3n) is 2.53. The Bertz CT molecular complexity index is 820. The molecule has 0 fully saturated rings. The fourth-order valence-corrected chi connectivity index (χ4v) is 1.77. The van der Waals surface area contributed by atoms with Gasteiger partial charge in [0, 0.05) is 11.5 Å². The van der Waals surface area contributed by atoms with Crippen molar-refractivity contribution in [2.24, 2.45) is 0 Å². The molecule has 0 aliphatic heterocycles. The van der Waals surface area contributed by atoms with Crippen LogP contribution in [-0.2, 0) is 0 Å². The molecule has 2 rings (SSSR count). The van der Waals surface area contributed by atoms with Gasteiger partial charge in [-0.25, -0.2) is 0 Å². The van der Waals surface area contributed by atoms with Gasteiger partial charge in [-0.3, -0.25) is 0 Å². The Hall–Kier alpha value is -3.34. The van der Waals surface area contributed by atoms with E-state index in [-0.39, 0.29) is 16.7 Å². The summed E-state index contributed by atoms with van der Waals surface area (Å²) in [4.78, 5) is 0. The van der Waals surface area contributed by atoms with E-state index in [0.29, 0.717) is 16.3 Å². The number of benzene rings is 2. The van der Waals surface area contributed by atoms with Gasteiger partial charge in [-0.05, 0) is 11.5 Å². The smallest absolute Gasteiger partial charge is 0.102 e. The Balaban J connectivity index is 3.13. The second kappa shape index (κ2) is 4.26. The predicted octanol–water partition coefficient (Wildman–Crippen LogP) is 2.13. The van der Waals surface area contributed by atoms with Crippen LogP contribution in [0.5, 0.6) is 0 Å². The van der Waals surface area contributed by atoms with E-state index in [9.17, 15) is 0 Å². The lowest BCUT2D eigenvalue weighted by Gasteiger charge is -2.05. The Morgan fingerprint density at radius 3 is 2.11 bits per heavy atom. The van der Waals surface area contributed by atoms with Crippen LogP contribution >= 0.6 is 0 Å². The molecule has 0 spiro atoms. The van der Waals surface area contributed by atoms with Gasteiger partial charge in [0.15, 0.2) is 0 Å². The van der Waals surface area contributed by atoms with E-state index in [0.717, 1.165) is 0 Å². The number of hydrogen-bond acceptors (Lipinski definition) is 4. The average molecular weight is 227 g/mol. The molecule has 0 saturated carbocycles. The second-order valence-electron chi connectivity index (χ2n) is 3.43. The maximum absolute atomic E-state index is 9.15. The zero-order chi connectivity index (χ0) is 13.1. The summed E-state index contributed by atoms with van der Waals surface area (Å²) < 4.78 is 0. The van der Waals surface area contributed by atoms with Crippen LogP contribution in [0.1, 0.15) is 22.3 Å². The first-order valence-corrected chi connectivity index (χ1v) is 4.89. The zero-order valence-corrected chi connectivity index (χ0v) is 9.02. The SMILES string of the molecule is N#Cc1[c]c2cccc(C#N)c2c(C#N)c1C#N. The van der Waals surface area contributed by atoms with Crippen molar-refractivity contribution in [1.29, 1.82) is 21.0 Å². The summed E-state index contributed by atoms with van der Waals surface area (Å²) in [6.45, 7) is 0. The van der Waals surface area contributed by atoms with Crippen molar-refractivity contribution in [2.75, 3.05) is 0 Å². The Morgan fingerprint density at radius 2 is 1.56 bits per heavy atom. The molecule has 4 nitrogen and oxygen atoms in total. The van der Waals surface area contributed by atoms with E-state index in [4.69, 9.17) is 21.0 Å². The van der Waals surface area contributed by atoms with Gasteiger partial charge >= 0.3 is 0 Å². The summed E-state index contributed by atoms with van der Waals surface area (Å²) in [6, 6.07) is 15.1. The Labute approximate surface area is 103 Å². The molecule has 0 bridgehead atoms. The largest absolute Gasteiger partial charge is 0.192 e. The minimum atomic E-state index is -0.0322. The fourth-order valence-electron chi connectivity index (χ4n) is 1.77. The van der Waals surface area contributed by atoms with Crippen LogP contribution in [-0.4, -0.2) is 0 Å². The van der Waals surface area contributed by atoms with Crippen LogP contribution in [0.15, 0.2) is 18.2 Å². The lowest BCUT2D eigenvalue weighted by molar-refractivity contribution is 1.41. The molecule has 0 unspecified atom stereocenters. The van der Waals surface area contributed by atoms with Crippen molar-refractivity contribution in [3.63, 3.8) is 0 Å². The van der Waals surface area contributed by atoms with Crippen LogP contribution in [0.2, 0.25) is 0 Å². The molecular formula is C14H3N4. The van der Waals surface area contributed by atoms with Crippen molar-refractivity contribution >= 4 is 10.8 Å². The number of hydrogen-bond donors (Lipinski definition) is 0. The summed E-state index contributed by atoms with van der Waals surface area (Å²) in [5.41, 5.74) is 0.341. The van der Waals surface area contributed by atoms with Gasteiger partial charge in [0.2, 0.25) is 0 Å². The van der Waals surface area contributed by atoms with Crippen LogP contribution in [0.25, 0.3) is 10.8 Å². The molecule has 0 aliphatic rings. The third kappa shape index (κ3) is 1.43. The quantitative estimate of drug-likeness (QED) is 0.688. The van der Waals surface area contributed by atoms with E-state index in [1.165, 1.54) is 0 Å². The Morgan fingerprint density at radius 1 is 0.833 bits per heavy atom. The first-order valence-electron chi connectivity index (χ1n) is 4.89. The highest BCUT2D eigenvalue weighted by atomic mass is 14.3. The molecule has 2 aromatic rings. The normalized spacial score (nSPS) is 8.89. The fraction of sp³-hybridized carbons (Fsp3) is 0. The average Bonchev–Trinajstić information content (AvgIpc) is 2.43. The van der Waals surface area contributed by atoms with Gasteiger partial charge < -0.3 is 0 Å². The van der Waals surface area contributed by atoms with Gasteiger partial charge in [0.1, 0.15) is 18.2 Å². The predicted molar refractivity (Wildman–Crippen MR) is 61.6 cm³/mol. The highest BCUT2D eigenvalue weighted by molar-refractivity contribution is 5.95. The maximum Gasteiger partial charge on any atom is 0.102 e. The highest BCUT2D eigenvalue weighted by Gasteiger charge is 2.15. The van der Waals surface area contributed by atoms with Gasteiger partial charge in [-0.15, -0.1) is 0 Å². The monoisotopic (exact) mass is 227 g/mol. The molecule has 0 amide bonds. The van der Waals surface area contributed by atoms with E-state index >= 15 is 0 Å². The second-order valence-corrected chi connectivity index (χ2v) is 3.43. The van der Waals surface area contributed by atoms with Gasteiger partial charge in [0.25, 0.3) is 0 Å². The van der Waals surface area contributed by atoms with E-state index in [2.05, 4.69) is 6.07 Å². The summed E-state index contributed by atoms with van der Waals surface area (Å²) in [5.74, 6) is 0.